The first kappa shape index (κ1) is 22.6. The molecule has 0 saturated heterocycles. The number of nitrogens with zero attached hydrogens (tertiary/aromatic N) is 7. The van der Waals surface area contributed by atoms with Gasteiger partial charge in [0.25, 0.3) is 11.6 Å². The van der Waals surface area contributed by atoms with Crippen molar-refractivity contribution in [3.05, 3.63) is 54.1 Å². The van der Waals surface area contributed by atoms with Gasteiger partial charge in [0.1, 0.15) is 13.2 Å². The van der Waals surface area contributed by atoms with Crippen LogP contribution in [0.3, 0.4) is 0 Å². The summed E-state index contributed by atoms with van der Waals surface area (Å²) in [5, 5.41) is 22.6. The number of aliphatic imine (C=N–C) groups is 1. The van der Waals surface area contributed by atoms with Gasteiger partial charge in [0.05, 0.1) is 14.2 Å². The molecule has 0 fully saturated rings. The second-order valence-electron chi connectivity index (χ2n) is 7.88. The van der Waals surface area contributed by atoms with E-state index in [0.717, 1.165) is 28.1 Å². The monoisotopic (exact) mass is 473 g/mol. The lowest BCUT2D eigenvalue weighted by Gasteiger charge is -2.30. The van der Waals surface area contributed by atoms with Crippen LogP contribution in [0.1, 0.15) is 19.4 Å². The molecule has 178 valence electrons. The van der Waals surface area contributed by atoms with Crippen LogP contribution < -0.4 is 14.1 Å². The molecule has 3 heterocycles. The summed E-state index contributed by atoms with van der Waals surface area (Å²) in [4.78, 5) is 11.1. The molecule has 1 N–H and O–H groups in total. The van der Waals surface area contributed by atoms with E-state index in [1.54, 1.807) is 14.2 Å². The van der Waals surface area contributed by atoms with Gasteiger partial charge in [-0.2, -0.15) is 9.83 Å². The number of aromatic amines is 1. The summed E-state index contributed by atoms with van der Waals surface area (Å²) in [7, 11) is 3.10. The van der Waals surface area contributed by atoms with Crippen LogP contribution >= 0.6 is 0 Å². The Hall–Kier alpha value is -4.22. The zero-order valence-electron chi connectivity index (χ0n) is 19.9. The van der Waals surface area contributed by atoms with Gasteiger partial charge >= 0.3 is 5.88 Å². The molecule has 1 aliphatic rings. The molecule has 5 rings (SSSR count). The highest BCUT2D eigenvalue weighted by molar-refractivity contribution is 6.02. The zero-order valence-corrected chi connectivity index (χ0v) is 19.9. The summed E-state index contributed by atoms with van der Waals surface area (Å²) in [6.45, 7) is 4.80. The number of fused-ring (bicyclic) bond motifs is 1. The molecule has 0 bridgehead atoms. The fraction of sp³-hybridized carbons (Fsp3) is 0.250. The van der Waals surface area contributed by atoms with E-state index in [1.165, 1.54) is 0 Å². The molecule has 2 aromatic carbocycles. The predicted octanol–water partition coefficient (Wildman–Crippen LogP) is 3.86. The number of benzene rings is 2. The number of hydrogen-bond donors (Lipinski definition) is 1. The SMILES string of the molecule is CCO[N+]1(Cc2ccc(-c3ccccc3-c3nnn[nH]3)cc2)C(C)=Nc2c(OC)nnc(OC)c21. The van der Waals surface area contributed by atoms with E-state index in [0.29, 0.717) is 42.1 Å². The van der Waals surface area contributed by atoms with Crippen molar-refractivity contribution in [3.63, 3.8) is 0 Å². The molecule has 11 heteroatoms. The quantitative estimate of drug-likeness (QED) is 0.383. The van der Waals surface area contributed by atoms with Crippen molar-refractivity contribution in [3.8, 4) is 34.3 Å². The van der Waals surface area contributed by atoms with Crippen LogP contribution in [0.15, 0.2) is 53.5 Å². The van der Waals surface area contributed by atoms with Crippen molar-refractivity contribution >= 4 is 17.2 Å². The second kappa shape index (κ2) is 9.20. The molecular weight excluding hydrogens is 448 g/mol. The number of tetrazole rings is 1. The van der Waals surface area contributed by atoms with E-state index in [2.05, 4.69) is 55.1 Å². The first-order valence-corrected chi connectivity index (χ1v) is 11.1. The summed E-state index contributed by atoms with van der Waals surface area (Å²) in [6, 6.07) is 16.3. The van der Waals surface area contributed by atoms with E-state index in [4.69, 9.17) is 19.3 Å². The lowest BCUT2D eigenvalue weighted by molar-refractivity contribution is -0.0905. The minimum atomic E-state index is 0.0144. The number of amidine groups is 1. The van der Waals surface area contributed by atoms with Crippen LogP contribution in [0.25, 0.3) is 22.5 Å². The molecule has 2 aromatic heterocycles. The Labute approximate surface area is 201 Å². The number of aromatic nitrogens is 6. The molecule has 1 aliphatic heterocycles. The minimum absolute atomic E-state index is 0.0144. The number of hydrogen-bond acceptors (Lipinski definition) is 9. The van der Waals surface area contributed by atoms with Crippen molar-refractivity contribution in [2.45, 2.75) is 20.4 Å². The highest BCUT2D eigenvalue weighted by Crippen LogP contribution is 2.51. The topological polar surface area (TPSA) is 120 Å². The third-order valence-electron chi connectivity index (χ3n) is 5.95. The van der Waals surface area contributed by atoms with Gasteiger partial charge in [-0.15, -0.1) is 15.3 Å². The minimum Gasteiger partial charge on any atom is -0.478 e. The fourth-order valence-electron chi connectivity index (χ4n) is 4.37. The van der Waals surface area contributed by atoms with Gasteiger partial charge < -0.3 is 9.47 Å². The standard InChI is InChI=1S/C24H25N8O3/c1-5-35-32(15(2)25-20-21(32)24(34-4)29-28-23(20)33-3)14-16-10-12-17(13-11-16)18-8-6-7-9-19(18)22-26-30-31-27-22/h6-13H,5,14H2,1-4H3,(H,26,27,30,31)/q+1. The average molecular weight is 474 g/mol. The summed E-state index contributed by atoms with van der Waals surface area (Å²) in [5.41, 5.74) is 5.27. The second-order valence-corrected chi connectivity index (χ2v) is 7.88. The fourth-order valence-corrected chi connectivity index (χ4v) is 4.37. The Kier molecular flexibility index (Phi) is 5.93. The third kappa shape index (κ3) is 3.80. The molecule has 0 amide bonds. The third-order valence-corrected chi connectivity index (χ3v) is 5.95. The highest BCUT2D eigenvalue weighted by Gasteiger charge is 2.50. The summed E-state index contributed by atoms with van der Waals surface area (Å²) >= 11 is 0. The van der Waals surface area contributed by atoms with Gasteiger partial charge in [-0.3, -0.25) is 0 Å². The Bertz CT molecular complexity index is 1370. The number of methoxy groups -OCH3 is 2. The lowest BCUT2D eigenvalue weighted by Crippen LogP contribution is -2.50. The number of ether oxygens (including phenoxy) is 2. The van der Waals surface area contributed by atoms with Crippen molar-refractivity contribution in [2.75, 3.05) is 20.8 Å². The molecular formula is C24H25N8O3+. The van der Waals surface area contributed by atoms with E-state index in [-0.39, 0.29) is 4.65 Å². The summed E-state index contributed by atoms with van der Waals surface area (Å²) in [6.07, 6.45) is 0. The number of hydroxylamine groups is 2. The van der Waals surface area contributed by atoms with Crippen LogP contribution in [0, 0.1) is 0 Å². The van der Waals surface area contributed by atoms with Crippen molar-refractivity contribution in [1.29, 1.82) is 0 Å². The van der Waals surface area contributed by atoms with E-state index in [1.807, 2.05) is 38.1 Å². The molecule has 35 heavy (non-hydrogen) atoms. The average Bonchev–Trinajstić information content (AvgIpc) is 3.52. The first-order chi connectivity index (χ1) is 17.1. The largest absolute Gasteiger partial charge is 0.478 e. The maximum absolute atomic E-state index is 6.34. The Balaban J connectivity index is 1.54. The van der Waals surface area contributed by atoms with Crippen LogP contribution in [-0.2, 0) is 11.4 Å². The molecule has 0 aliphatic carbocycles. The van der Waals surface area contributed by atoms with Gasteiger partial charge in [0.2, 0.25) is 11.5 Å². The van der Waals surface area contributed by atoms with E-state index in [9.17, 15) is 0 Å². The Morgan fingerprint density at radius 2 is 1.60 bits per heavy atom. The summed E-state index contributed by atoms with van der Waals surface area (Å²) in [5.74, 6) is 2.03. The zero-order chi connectivity index (χ0) is 24.4. The van der Waals surface area contributed by atoms with Gasteiger partial charge in [-0.05, 0) is 28.5 Å². The Morgan fingerprint density at radius 3 is 2.26 bits per heavy atom. The van der Waals surface area contributed by atoms with Crippen LogP contribution in [0.2, 0.25) is 0 Å². The van der Waals surface area contributed by atoms with Gasteiger partial charge in [0, 0.05) is 18.1 Å². The normalized spacial score (nSPS) is 16.6. The molecule has 1 unspecified atom stereocenters. The summed E-state index contributed by atoms with van der Waals surface area (Å²) < 4.78 is 11.0. The van der Waals surface area contributed by atoms with Gasteiger partial charge in [0.15, 0.2) is 5.82 Å². The number of H-pyrrole nitrogens is 1. The van der Waals surface area contributed by atoms with E-state index < -0.39 is 0 Å². The molecule has 1 atom stereocenters. The van der Waals surface area contributed by atoms with E-state index >= 15 is 0 Å². The maximum Gasteiger partial charge on any atom is 0.302 e. The molecule has 4 aromatic rings. The number of nitrogens with one attached hydrogen (secondary N) is 1. The molecule has 0 spiro atoms. The van der Waals surface area contributed by atoms with Crippen molar-refractivity contribution < 1.29 is 14.3 Å². The van der Waals surface area contributed by atoms with Crippen molar-refractivity contribution in [1.82, 2.24) is 35.5 Å². The first-order valence-electron chi connectivity index (χ1n) is 11.1. The number of quaternary nitrogens is 1. The Morgan fingerprint density at radius 1 is 0.886 bits per heavy atom. The van der Waals surface area contributed by atoms with Gasteiger partial charge in [-0.25, -0.2) is 5.10 Å². The van der Waals surface area contributed by atoms with Crippen LogP contribution in [0.4, 0.5) is 11.4 Å². The van der Waals surface area contributed by atoms with Crippen LogP contribution in [-0.4, -0.2) is 57.5 Å². The molecule has 11 nitrogen and oxygen atoms in total. The molecule has 0 saturated carbocycles. The van der Waals surface area contributed by atoms with Crippen molar-refractivity contribution in [2.24, 2.45) is 4.99 Å². The smallest absolute Gasteiger partial charge is 0.302 e. The lowest BCUT2D eigenvalue weighted by atomic mass is 9.98. The van der Waals surface area contributed by atoms with Crippen LogP contribution in [0.5, 0.6) is 11.8 Å². The number of rotatable bonds is 8. The predicted molar refractivity (Wildman–Crippen MR) is 130 cm³/mol. The highest BCUT2D eigenvalue weighted by atomic mass is 16.7. The van der Waals surface area contributed by atoms with Gasteiger partial charge in [-0.1, -0.05) is 53.2 Å². The molecule has 0 radical (unpaired) electrons. The maximum atomic E-state index is 6.34.